The van der Waals surface area contributed by atoms with Gasteiger partial charge >= 0.3 is 0 Å². The highest BCUT2D eigenvalue weighted by Gasteiger charge is 2.34. The number of hydrogen-bond donors (Lipinski definition) is 1. The first-order valence-corrected chi connectivity index (χ1v) is 8.72. The summed E-state index contributed by atoms with van der Waals surface area (Å²) in [7, 11) is 1.71. The van der Waals surface area contributed by atoms with Gasteiger partial charge in [0.25, 0.3) is 0 Å². The number of hydrogen-bond acceptors (Lipinski definition) is 3. The third kappa shape index (κ3) is 3.07. The first-order valence-electron chi connectivity index (χ1n) is 7.93. The maximum Gasteiger partial charge on any atom is 0.175 e. The zero-order valence-corrected chi connectivity index (χ0v) is 14.2. The highest BCUT2D eigenvalue weighted by Crippen LogP contribution is 2.46. The molecule has 0 bridgehead atoms. The van der Waals surface area contributed by atoms with Gasteiger partial charge in [-0.25, -0.2) is 0 Å². The van der Waals surface area contributed by atoms with Crippen molar-refractivity contribution in [3.63, 3.8) is 0 Å². The van der Waals surface area contributed by atoms with Crippen LogP contribution in [0.4, 0.5) is 0 Å². The SMILES string of the molecule is COc1cc(C2(CN)CCCCC2)cc(Br)c1OC1CC1. The molecular weight excluding hydrogens is 330 g/mol. The van der Waals surface area contributed by atoms with Crippen LogP contribution in [0, 0.1) is 0 Å². The molecule has 0 radical (unpaired) electrons. The number of ether oxygens (including phenoxy) is 2. The molecule has 3 rings (SSSR count). The maximum atomic E-state index is 6.15. The van der Waals surface area contributed by atoms with E-state index in [9.17, 15) is 0 Å². The van der Waals surface area contributed by atoms with E-state index in [1.807, 2.05) is 0 Å². The lowest BCUT2D eigenvalue weighted by atomic mass is 9.69. The minimum atomic E-state index is 0.103. The number of benzene rings is 1. The number of nitrogens with two attached hydrogens (primary N) is 1. The fourth-order valence-corrected chi connectivity index (χ4v) is 3.87. The van der Waals surface area contributed by atoms with E-state index in [0.717, 1.165) is 28.8 Å². The van der Waals surface area contributed by atoms with Crippen LogP contribution in [-0.4, -0.2) is 19.8 Å². The minimum absolute atomic E-state index is 0.103. The molecule has 2 fully saturated rings. The van der Waals surface area contributed by atoms with Crippen molar-refractivity contribution < 1.29 is 9.47 Å². The predicted molar refractivity (Wildman–Crippen MR) is 88.2 cm³/mol. The number of rotatable bonds is 5. The molecule has 116 valence electrons. The van der Waals surface area contributed by atoms with Crippen LogP contribution in [0.1, 0.15) is 50.5 Å². The van der Waals surface area contributed by atoms with Crippen LogP contribution in [0.25, 0.3) is 0 Å². The Balaban J connectivity index is 1.96. The van der Waals surface area contributed by atoms with Crippen LogP contribution in [0.15, 0.2) is 16.6 Å². The van der Waals surface area contributed by atoms with Crippen molar-refractivity contribution in [1.29, 1.82) is 0 Å². The summed E-state index contributed by atoms with van der Waals surface area (Å²) in [6, 6.07) is 4.33. The van der Waals surface area contributed by atoms with E-state index in [-0.39, 0.29) is 5.41 Å². The molecule has 0 atom stereocenters. The lowest BCUT2D eigenvalue weighted by Gasteiger charge is -2.37. The Hall–Kier alpha value is -0.740. The summed E-state index contributed by atoms with van der Waals surface area (Å²) in [6.07, 6.45) is 8.83. The van der Waals surface area contributed by atoms with Gasteiger partial charge in [-0.3, -0.25) is 0 Å². The van der Waals surface area contributed by atoms with Crippen LogP contribution < -0.4 is 15.2 Å². The van der Waals surface area contributed by atoms with Gasteiger partial charge in [0.1, 0.15) is 0 Å². The highest BCUT2D eigenvalue weighted by molar-refractivity contribution is 9.10. The molecule has 2 N–H and O–H groups in total. The summed E-state index contributed by atoms with van der Waals surface area (Å²) in [4.78, 5) is 0. The van der Waals surface area contributed by atoms with Crippen LogP contribution in [-0.2, 0) is 5.41 Å². The van der Waals surface area contributed by atoms with Crippen LogP contribution in [0.3, 0.4) is 0 Å². The molecule has 1 aromatic carbocycles. The molecule has 2 aliphatic rings. The van der Waals surface area contributed by atoms with E-state index in [4.69, 9.17) is 15.2 Å². The topological polar surface area (TPSA) is 44.5 Å². The van der Waals surface area contributed by atoms with Crippen molar-refractivity contribution >= 4 is 15.9 Å². The van der Waals surface area contributed by atoms with Gasteiger partial charge in [-0.05, 0) is 59.3 Å². The van der Waals surface area contributed by atoms with E-state index in [2.05, 4.69) is 28.1 Å². The molecule has 0 amide bonds. The third-order valence-electron chi connectivity index (χ3n) is 4.85. The van der Waals surface area contributed by atoms with Crippen molar-refractivity contribution in [2.24, 2.45) is 5.73 Å². The Morgan fingerprint density at radius 1 is 1.24 bits per heavy atom. The van der Waals surface area contributed by atoms with Gasteiger partial charge in [0.15, 0.2) is 11.5 Å². The summed E-state index contributed by atoms with van der Waals surface area (Å²) >= 11 is 3.67. The van der Waals surface area contributed by atoms with Crippen LogP contribution in [0.2, 0.25) is 0 Å². The summed E-state index contributed by atoms with van der Waals surface area (Å²) in [6.45, 7) is 0.700. The fraction of sp³-hybridized carbons (Fsp3) is 0.647. The molecule has 1 aromatic rings. The predicted octanol–water partition coefficient (Wildman–Crippen LogP) is 4.16. The molecule has 0 unspecified atom stereocenters. The van der Waals surface area contributed by atoms with Crippen molar-refractivity contribution in [2.45, 2.75) is 56.5 Å². The Kier molecular flexibility index (Phi) is 4.46. The molecule has 0 saturated heterocycles. The molecule has 21 heavy (non-hydrogen) atoms. The second kappa shape index (κ2) is 6.17. The minimum Gasteiger partial charge on any atom is -0.493 e. The summed E-state index contributed by atoms with van der Waals surface area (Å²) in [5, 5.41) is 0. The van der Waals surface area contributed by atoms with E-state index < -0.39 is 0 Å². The Labute approximate surface area is 135 Å². The Morgan fingerprint density at radius 3 is 2.52 bits per heavy atom. The Bertz CT molecular complexity index is 508. The van der Waals surface area contributed by atoms with Gasteiger partial charge in [0.2, 0.25) is 0 Å². The van der Waals surface area contributed by atoms with Crippen molar-refractivity contribution in [1.82, 2.24) is 0 Å². The summed E-state index contributed by atoms with van der Waals surface area (Å²) < 4.78 is 12.6. The zero-order chi connectivity index (χ0) is 14.9. The van der Waals surface area contributed by atoms with E-state index >= 15 is 0 Å². The molecule has 0 heterocycles. The van der Waals surface area contributed by atoms with E-state index in [0.29, 0.717) is 12.6 Å². The summed E-state index contributed by atoms with van der Waals surface area (Å²) in [5.41, 5.74) is 7.55. The monoisotopic (exact) mass is 353 g/mol. The van der Waals surface area contributed by atoms with Gasteiger partial charge in [-0.2, -0.15) is 0 Å². The fourth-order valence-electron chi connectivity index (χ4n) is 3.33. The average Bonchev–Trinajstić information content (AvgIpc) is 3.33. The van der Waals surface area contributed by atoms with E-state index in [1.54, 1.807) is 7.11 Å². The number of methoxy groups -OCH3 is 1. The number of halogens is 1. The van der Waals surface area contributed by atoms with Gasteiger partial charge in [0, 0.05) is 12.0 Å². The lowest BCUT2D eigenvalue weighted by molar-refractivity contribution is 0.275. The first-order chi connectivity index (χ1) is 10.2. The van der Waals surface area contributed by atoms with Gasteiger partial charge in [-0.15, -0.1) is 0 Å². The first kappa shape index (κ1) is 15.2. The second-order valence-electron chi connectivity index (χ2n) is 6.35. The lowest BCUT2D eigenvalue weighted by Crippen LogP contribution is -2.37. The Morgan fingerprint density at radius 2 is 1.95 bits per heavy atom. The molecule has 4 heteroatoms. The second-order valence-corrected chi connectivity index (χ2v) is 7.21. The van der Waals surface area contributed by atoms with Gasteiger partial charge < -0.3 is 15.2 Å². The molecule has 0 aromatic heterocycles. The van der Waals surface area contributed by atoms with Gasteiger partial charge in [-0.1, -0.05) is 19.3 Å². The van der Waals surface area contributed by atoms with E-state index in [1.165, 1.54) is 37.7 Å². The largest absolute Gasteiger partial charge is 0.493 e. The molecule has 3 nitrogen and oxygen atoms in total. The zero-order valence-electron chi connectivity index (χ0n) is 12.7. The maximum absolute atomic E-state index is 6.15. The van der Waals surface area contributed by atoms with Crippen molar-refractivity contribution in [3.05, 3.63) is 22.2 Å². The van der Waals surface area contributed by atoms with Crippen molar-refractivity contribution in [2.75, 3.05) is 13.7 Å². The third-order valence-corrected chi connectivity index (χ3v) is 5.44. The normalized spacial score (nSPS) is 21.1. The average molecular weight is 354 g/mol. The highest BCUT2D eigenvalue weighted by atomic mass is 79.9. The van der Waals surface area contributed by atoms with Gasteiger partial charge in [0.05, 0.1) is 17.7 Å². The quantitative estimate of drug-likeness (QED) is 0.864. The molecule has 2 saturated carbocycles. The summed E-state index contributed by atoms with van der Waals surface area (Å²) in [5.74, 6) is 1.66. The standard InChI is InChI=1S/C17H24BrNO2/c1-20-15-10-12(17(11-19)7-3-2-4-8-17)9-14(18)16(15)21-13-5-6-13/h9-10,13H,2-8,11,19H2,1H3. The smallest absolute Gasteiger partial charge is 0.175 e. The molecule has 0 aliphatic heterocycles. The van der Waals surface area contributed by atoms with Crippen molar-refractivity contribution in [3.8, 4) is 11.5 Å². The molecular formula is C17H24BrNO2. The molecule has 2 aliphatic carbocycles. The van der Waals surface area contributed by atoms with Crippen LogP contribution in [0.5, 0.6) is 11.5 Å². The van der Waals surface area contributed by atoms with Crippen LogP contribution >= 0.6 is 15.9 Å². The molecule has 0 spiro atoms.